The van der Waals surface area contributed by atoms with Gasteiger partial charge in [0.1, 0.15) is 17.3 Å². The van der Waals surface area contributed by atoms with Crippen LogP contribution in [0.4, 0.5) is 17.1 Å². The molecule has 4 nitrogen and oxygen atoms in total. The van der Waals surface area contributed by atoms with Gasteiger partial charge < -0.3 is 19.4 Å². The molecule has 0 radical (unpaired) electrons. The predicted octanol–water partition coefficient (Wildman–Crippen LogP) is 11.3. The van der Waals surface area contributed by atoms with Gasteiger partial charge in [-0.15, -0.1) is 0 Å². The largest absolute Gasteiger partial charge is 0.456 e. The highest BCUT2D eigenvalue weighted by Crippen LogP contribution is 2.48. The number of hydrogen-bond acceptors (Lipinski definition) is 4. The summed E-state index contributed by atoms with van der Waals surface area (Å²) in [6, 6.07) is 51.4. The first-order chi connectivity index (χ1) is 24.3. The second-order valence-corrected chi connectivity index (χ2v) is 12.9. The number of fused-ring (bicyclic) bond motifs is 8. The Morgan fingerprint density at radius 1 is 0.551 bits per heavy atom. The van der Waals surface area contributed by atoms with Crippen LogP contribution in [0.1, 0.15) is 28.8 Å². The lowest BCUT2D eigenvalue weighted by molar-refractivity contribution is 0.0356. The van der Waals surface area contributed by atoms with Crippen molar-refractivity contribution in [1.29, 1.82) is 0 Å². The molecule has 1 fully saturated rings. The molecule has 1 saturated heterocycles. The summed E-state index contributed by atoms with van der Waals surface area (Å²) in [5.41, 5.74) is 13.3. The summed E-state index contributed by atoms with van der Waals surface area (Å²) in [5.74, 6) is 0.0662. The molecular weight excluding hydrogens is 601 g/mol. The molecule has 7 aromatic rings. The smallest absolute Gasteiger partial charge is 0.154 e. The van der Waals surface area contributed by atoms with Gasteiger partial charge in [0, 0.05) is 51.1 Å². The number of nitrogens with one attached hydrogen (secondary N) is 1. The minimum atomic E-state index is -0.185. The van der Waals surface area contributed by atoms with Crippen LogP contribution in [-0.2, 0) is 4.74 Å². The van der Waals surface area contributed by atoms with Crippen molar-refractivity contribution in [1.82, 2.24) is 5.32 Å². The van der Waals surface area contributed by atoms with E-state index in [1.54, 1.807) is 0 Å². The van der Waals surface area contributed by atoms with Gasteiger partial charge in [-0.05, 0) is 76.4 Å². The number of para-hydroxylation sites is 1. The highest BCUT2D eigenvalue weighted by Gasteiger charge is 2.41. The fourth-order valence-electron chi connectivity index (χ4n) is 7.71. The third-order valence-corrected chi connectivity index (χ3v) is 10.1. The minimum absolute atomic E-state index is 0.0662. The Balaban J connectivity index is 1.11. The maximum Gasteiger partial charge on any atom is 0.154 e. The van der Waals surface area contributed by atoms with Gasteiger partial charge in [0.05, 0.1) is 0 Å². The van der Waals surface area contributed by atoms with Crippen LogP contribution in [0, 0.1) is 0 Å². The average molecular weight is 633 g/mol. The molecule has 0 bridgehead atoms. The van der Waals surface area contributed by atoms with E-state index in [0.29, 0.717) is 0 Å². The van der Waals surface area contributed by atoms with E-state index in [4.69, 9.17) is 9.15 Å². The van der Waals surface area contributed by atoms with Gasteiger partial charge in [-0.3, -0.25) is 0 Å². The first-order valence-corrected chi connectivity index (χ1v) is 16.8. The van der Waals surface area contributed by atoms with E-state index in [1.165, 1.54) is 27.8 Å². The molecule has 0 amide bonds. The van der Waals surface area contributed by atoms with Crippen molar-refractivity contribution < 1.29 is 9.15 Å². The Morgan fingerprint density at radius 3 is 2.18 bits per heavy atom. The van der Waals surface area contributed by atoms with E-state index in [9.17, 15) is 0 Å². The number of nitrogens with zero attached hydrogens (tertiary/aromatic N) is 1. The van der Waals surface area contributed by atoms with E-state index in [2.05, 4.69) is 162 Å². The molecule has 1 N–H and O–H groups in total. The van der Waals surface area contributed by atoms with Crippen molar-refractivity contribution in [3.8, 4) is 11.1 Å². The Bertz CT molecular complexity index is 2470. The zero-order valence-electron chi connectivity index (χ0n) is 26.7. The minimum Gasteiger partial charge on any atom is -0.456 e. The van der Waals surface area contributed by atoms with Crippen molar-refractivity contribution >= 4 is 45.1 Å². The van der Waals surface area contributed by atoms with Crippen LogP contribution >= 0.6 is 0 Å². The van der Waals surface area contributed by atoms with Gasteiger partial charge in [-0.25, -0.2) is 0 Å². The Hall–Kier alpha value is -6.10. The molecule has 3 unspecified atom stereocenters. The van der Waals surface area contributed by atoms with Gasteiger partial charge >= 0.3 is 0 Å². The quantitative estimate of drug-likeness (QED) is 0.205. The fraction of sp³-hybridized carbons (Fsp3) is 0.0667. The molecule has 3 atom stereocenters. The molecule has 6 aromatic carbocycles. The average Bonchev–Trinajstić information content (AvgIpc) is 3.77. The van der Waals surface area contributed by atoms with Crippen LogP contribution in [0.5, 0.6) is 0 Å². The van der Waals surface area contributed by atoms with Gasteiger partial charge in [0.15, 0.2) is 6.23 Å². The number of ether oxygens (including phenoxy) is 1. The lowest BCUT2D eigenvalue weighted by Gasteiger charge is -2.33. The number of rotatable bonds is 5. The fourth-order valence-corrected chi connectivity index (χ4v) is 7.71. The first kappa shape index (κ1) is 28.0. The molecule has 1 aromatic heterocycles. The molecule has 49 heavy (non-hydrogen) atoms. The zero-order chi connectivity index (χ0) is 32.3. The van der Waals surface area contributed by atoms with Crippen molar-refractivity contribution in [2.75, 3.05) is 4.90 Å². The van der Waals surface area contributed by atoms with Gasteiger partial charge in [-0.2, -0.15) is 0 Å². The van der Waals surface area contributed by atoms with Gasteiger partial charge in [0.2, 0.25) is 0 Å². The summed E-state index contributed by atoms with van der Waals surface area (Å²) in [6.45, 7) is 0. The summed E-state index contributed by atoms with van der Waals surface area (Å²) in [4.78, 5) is 2.35. The summed E-state index contributed by atoms with van der Waals surface area (Å²) >= 11 is 0. The lowest BCUT2D eigenvalue weighted by Crippen LogP contribution is -2.27. The second-order valence-electron chi connectivity index (χ2n) is 12.9. The molecule has 3 aliphatic rings. The summed E-state index contributed by atoms with van der Waals surface area (Å²) in [6.07, 6.45) is 8.61. The van der Waals surface area contributed by atoms with Crippen molar-refractivity contribution in [3.05, 3.63) is 192 Å². The molecule has 2 aliphatic carbocycles. The highest BCUT2D eigenvalue weighted by molar-refractivity contribution is 6.06. The summed E-state index contributed by atoms with van der Waals surface area (Å²) in [7, 11) is 0. The summed E-state index contributed by atoms with van der Waals surface area (Å²) in [5, 5.41) is 5.90. The monoisotopic (exact) mass is 632 g/mol. The van der Waals surface area contributed by atoms with Crippen molar-refractivity contribution in [2.45, 2.75) is 18.2 Å². The standard InChI is InChI=1S/C45H32N2O2/c1-3-10-29(11-4-1)33-14-9-15-34(26-33)47(36-23-24-38-37-16-7-8-17-41(37)48-42(38)28-36)35-22-20-30-18-19-31-21-25-40-44(43(31)39(30)27-35)49-45(46-40)32-12-5-2-6-13-32/h1-28,43-46H. The Morgan fingerprint density at radius 2 is 1.29 bits per heavy atom. The van der Waals surface area contributed by atoms with Crippen LogP contribution in [0.15, 0.2) is 180 Å². The number of anilines is 3. The Kier molecular flexibility index (Phi) is 6.42. The van der Waals surface area contributed by atoms with E-state index in [0.717, 1.165) is 50.3 Å². The molecule has 10 rings (SSSR count). The van der Waals surface area contributed by atoms with E-state index in [1.807, 2.05) is 18.2 Å². The molecule has 0 spiro atoms. The number of hydrogen-bond donors (Lipinski definition) is 1. The van der Waals surface area contributed by atoms with E-state index < -0.39 is 0 Å². The molecular formula is C45H32N2O2. The molecule has 234 valence electrons. The maximum atomic E-state index is 6.81. The van der Waals surface area contributed by atoms with Crippen molar-refractivity contribution in [3.63, 3.8) is 0 Å². The predicted molar refractivity (Wildman–Crippen MR) is 199 cm³/mol. The third-order valence-electron chi connectivity index (χ3n) is 10.1. The zero-order valence-corrected chi connectivity index (χ0v) is 26.7. The van der Waals surface area contributed by atoms with Crippen LogP contribution in [-0.4, -0.2) is 6.10 Å². The van der Waals surface area contributed by atoms with Gasteiger partial charge in [-0.1, -0.05) is 115 Å². The SMILES string of the molecule is C1=Cc2ccc(N(c3cccc(-c4ccccc4)c3)c3ccc4c(c3)oc3ccccc34)cc2C2C1=CC=C1NC(c3ccccc3)OC12. The third kappa shape index (κ3) is 4.72. The number of allylic oxidation sites excluding steroid dienone is 3. The number of furan rings is 1. The molecule has 1 aliphatic heterocycles. The van der Waals surface area contributed by atoms with E-state index >= 15 is 0 Å². The van der Waals surface area contributed by atoms with Crippen LogP contribution < -0.4 is 10.2 Å². The Labute approximate surface area is 284 Å². The second kappa shape index (κ2) is 11.3. The van der Waals surface area contributed by atoms with E-state index in [-0.39, 0.29) is 18.2 Å². The lowest BCUT2D eigenvalue weighted by atomic mass is 9.76. The maximum absolute atomic E-state index is 6.81. The van der Waals surface area contributed by atoms with Crippen LogP contribution in [0.3, 0.4) is 0 Å². The molecule has 4 heteroatoms. The number of benzene rings is 6. The molecule has 2 heterocycles. The van der Waals surface area contributed by atoms with Crippen molar-refractivity contribution in [2.24, 2.45) is 0 Å². The normalized spacial score (nSPS) is 19.1. The highest BCUT2D eigenvalue weighted by atomic mass is 16.5. The van der Waals surface area contributed by atoms with Crippen LogP contribution in [0.25, 0.3) is 39.1 Å². The van der Waals surface area contributed by atoms with Crippen LogP contribution in [0.2, 0.25) is 0 Å². The summed E-state index contributed by atoms with van der Waals surface area (Å²) < 4.78 is 13.2. The topological polar surface area (TPSA) is 37.6 Å². The van der Waals surface area contributed by atoms with Gasteiger partial charge in [0.25, 0.3) is 0 Å². The molecule has 0 saturated carbocycles. The first-order valence-electron chi connectivity index (χ1n) is 16.8.